The number of phenols is 1. The normalized spacial score (nSPS) is 17.6. The van der Waals surface area contributed by atoms with Gasteiger partial charge in [-0.1, -0.05) is 61.5 Å². The van der Waals surface area contributed by atoms with E-state index in [1.807, 2.05) is 12.1 Å². The molecule has 1 heterocycles. The van der Waals surface area contributed by atoms with Gasteiger partial charge in [0, 0.05) is 5.56 Å². The molecular weight excluding hydrogens is 306 g/mol. The molecule has 1 aliphatic rings. The molecule has 128 valence electrons. The summed E-state index contributed by atoms with van der Waals surface area (Å²) in [5, 5.41) is 13.0. The van der Waals surface area contributed by atoms with E-state index < -0.39 is 0 Å². The number of likely N-dealkylation sites (tertiary alicyclic amines) is 1. The molecule has 3 aromatic rings. The number of piperidine rings is 1. The van der Waals surface area contributed by atoms with Gasteiger partial charge in [-0.15, -0.1) is 0 Å². The summed E-state index contributed by atoms with van der Waals surface area (Å²) in [6.07, 6.45) is 2.44. The van der Waals surface area contributed by atoms with Gasteiger partial charge in [-0.25, -0.2) is 0 Å². The molecule has 4 rings (SSSR count). The highest BCUT2D eigenvalue weighted by Gasteiger charge is 2.27. The monoisotopic (exact) mass is 331 g/mol. The number of hydrogen-bond donors (Lipinski definition) is 1. The van der Waals surface area contributed by atoms with Crippen LogP contribution < -0.4 is 0 Å². The second kappa shape index (κ2) is 6.89. The standard InChI is InChI=1S/C23H25NO/c1-17-12-14-24(15-13-17)23(21-8-4-5-9-22(21)25)20-11-10-18-6-2-3-7-19(18)16-20/h2-11,16-17,23,25H,12-15H2,1H3. The number of benzene rings is 3. The number of fused-ring (bicyclic) bond motifs is 1. The van der Waals surface area contributed by atoms with Crippen LogP contribution in [-0.2, 0) is 0 Å². The van der Waals surface area contributed by atoms with E-state index in [0.717, 1.165) is 24.6 Å². The molecule has 0 saturated carbocycles. The second-order valence-electron chi connectivity index (χ2n) is 7.29. The zero-order valence-corrected chi connectivity index (χ0v) is 14.7. The zero-order valence-electron chi connectivity index (χ0n) is 14.7. The van der Waals surface area contributed by atoms with E-state index >= 15 is 0 Å². The van der Waals surface area contributed by atoms with Gasteiger partial charge < -0.3 is 5.11 Å². The molecule has 1 saturated heterocycles. The number of rotatable bonds is 3. The first-order valence-electron chi connectivity index (χ1n) is 9.23. The summed E-state index contributed by atoms with van der Waals surface area (Å²) in [5.74, 6) is 1.18. The van der Waals surface area contributed by atoms with Gasteiger partial charge in [-0.2, -0.15) is 0 Å². The number of phenolic OH excluding ortho intramolecular Hbond substituents is 1. The van der Waals surface area contributed by atoms with Crippen LogP contribution in [0.15, 0.2) is 66.7 Å². The number of nitrogens with zero attached hydrogens (tertiary/aromatic N) is 1. The Labute approximate surface area is 149 Å². The third-order valence-corrected chi connectivity index (χ3v) is 5.50. The van der Waals surface area contributed by atoms with Crippen LogP contribution in [0.3, 0.4) is 0 Å². The molecule has 3 aromatic carbocycles. The van der Waals surface area contributed by atoms with Crippen LogP contribution in [0, 0.1) is 5.92 Å². The average molecular weight is 331 g/mol. The Morgan fingerprint density at radius 2 is 1.56 bits per heavy atom. The first-order chi connectivity index (χ1) is 12.2. The molecule has 2 heteroatoms. The smallest absolute Gasteiger partial charge is 0.120 e. The number of hydrogen-bond acceptors (Lipinski definition) is 2. The highest BCUT2D eigenvalue weighted by molar-refractivity contribution is 5.83. The van der Waals surface area contributed by atoms with Crippen LogP contribution >= 0.6 is 0 Å². The van der Waals surface area contributed by atoms with Gasteiger partial charge in [-0.05, 0) is 60.3 Å². The summed E-state index contributed by atoms with van der Waals surface area (Å²) < 4.78 is 0. The van der Waals surface area contributed by atoms with Crippen molar-refractivity contribution in [1.29, 1.82) is 0 Å². The Morgan fingerprint density at radius 3 is 2.32 bits per heavy atom. The van der Waals surface area contributed by atoms with Crippen molar-refractivity contribution in [1.82, 2.24) is 4.90 Å². The molecule has 1 fully saturated rings. The van der Waals surface area contributed by atoms with E-state index in [-0.39, 0.29) is 6.04 Å². The molecule has 2 nitrogen and oxygen atoms in total. The van der Waals surface area contributed by atoms with Crippen molar-refractivity contribution in [2.45, 2.75) is 25.8 Å². The van der Waals surface area contributed by atoms with Crippen LogP contribution in [0.4, 0.5) is 0 Å². The Hall–Kier alpha value is -2.32. The fraction of sp³-hybridized carbons (Fsp3) is 0.304. The average Bonchev–Trinajstić information content (AvgIpc) is 2.65. The largest absolute Gasteiger partial charge is 0.508 e. The molecule has 0 aromatic heterocycles. The van der Waals surface area contributed by atoms with Crippen LogP contribution in [0.5, 0.6) is 5.75 Å². The van der Waals surface area contributed by atoms with Gasteiger partial charge >= 0.3 is 0 Å². The third kappa shape index (κ3) is 3.27. The van der Waals surface area contributed by atoms with E-state index in [1.165, 1.54) is 29.2 Å². The first-order valence-corrected chi connectivity index (χ1v) is 9.23. The Bertz CT molecular complexity index is 865. The molecule has 1 unspecified atom stereocenters. The number of aromatic hydroxyl groups is 1. The molecule has 0 amide bonds. The van der Waals surface area contributed by atoms with Crippen LogP contribution in [0.1, 0.15) is 36.9 Å². The summed E-state index contributed by atoms with van der Waals surface area (Å²) >= 11 is 0. The fourth-order valence-corrected chi connectivity index (χ4v) is 3.97. The van der Waals surface area contributed by atoms with Crippen molar-refractivity contribution in [3.8, 4) is 5.75 Å². The van der Waals surface area contributed by atoms with Gasteiger partial charge in [-0.3, -0.25) is 4.90 Å². The zero-order chi connectivity index (χ0) is 17.2. The van der Waals surface area contributed by atoms with Gasteiger partial charge in [0.1, 0.15) is 5.75 Å². The summed E-state index contributed by atoms with van der Waals surface area (Å²) in [4.78, 5) is 2.53. The topological polar surface area (TPSA) is 23.5 Å². The summed E-state index contributed by atoms with van der Waals surface area (Å²) in [7, 11) is 0. The molecule has 0 radical (unpaired) electrons. The van der Waals surface area contributed by atoms with Gasteiger partial charge in [0.05, 0.1) is 6.04 Å². The number of para-hydroxylation sites is 1. The molecule has 0 aliphatic carbocycles. The molecular formula is C23H25NO. The summed E-state index contributed by atoms with van der Waals surface area (Å²) in [5.41, 5.74) is 2.27. The van der Waals surface area contributed by atoms with Gasteiger partial charge in [0.15, 0.2) is 0 Å². The van der Waals surface area contributed by atoms with Crippen molar-refractivity contribution in [3.63, 3.8) is 0 Å². The van der Waals surface area contributed by atoms with Crippen LogP contribution in [-0.4, -0.2) is 23.1 Å². The van der Waals surface area contributed by atoms with E-state index in [0.29, 0.717) is 5.75 Å². The summed E-state index contributed by atoms with van der Waals surface area (Å²) in [6.45, 7) is 4.49. The maximum Gasteiger partial charge on any atom is 0.120 e. The van der Waals surface area contributed by atoms with Crippen LogP contribution in [0.2, 0.25) is 0 Å². The highest BCUT2D eigenvalue weighted by atomic mass is 16.3. The lowest BCUT2D eigenvalue weighted by molar-refractivity contribution is 0.156. The maximum absolute atomic E-state index is 10.5. The predicted octanol–water partition coefficient (Wildman–Crippen LogP) is 5.37. The summed E-state index contributed by atoms with van der Waals surface area (Å²) in [6, 6.07) is 23.1. The minimum Gasteiger partial charge on any atom is -0.508 e. The van der Waals surface area contributed by atoms with Crippen LogP contribution in [0.25, 0.3) is 10.8 Å². The van der Waals surface area contributed by atoms with E-state index in [9.17, 15) is 5.11 Å². The van der Waals surface area contributed by atoms with Gasteiger partial charge in [0.25, 0.3) is 0 Å². The molecule has 1 N–H and O–H groups in total. The van der Waals surface area contributed by atoms with Crippen molar-refractivity contribution in [2.24, 2.45) is 5.92 Å². The van der Waals surface area contributed by atoms with Gasteiger partial charge in [0.2, 0.25) is 0 Å². The second-order valence-corrected chi connectivity index (χ2v) is 7.29. The molecule has 1 atom stereocenters. The van der Waals surface area contributed by atoms with Crippen molar-refractivity contribution in [2.75, 3.05) is 13.1 Å². The molecule has 0 bridgehead atoms. The predicted molar refractivity (Wildman–Crippen MR) is 104 cm³/mol. The lowest BCUT2D eigenvalue weighted by Crippen LogP contribution is -2.36. The third-order valence-electron chi connectivity index (χ3n) is 5.50. The fourth-order valence-electron chi connectivity index (χ4n) is 3.97. The Kier molecular flexibility index (Phi) is 4.46. The van der Waals surface area contributed by atoms with E-state index in [4.69, 9.17) is 0 Å². The molecule has 1 aliphatic heterocycles. The maximum atomic E-state index is 10.5. The Balaban J connectivity index is 1.80. The minimum absolute atomic E-state index is 0.110. The molecule has 0 spiro atoms. The van der Waals surface area contributed by atoms with Crippen molar-refractivity contribution >= 4 is 10.8 Å². The quantitative estimate of drug-likeness (QED) is 0.698. The lowest BCUT2D eigenvalue weighted by Gasteiger charge is -2.37. The van der Waals surface area contributed by atoms with Crippen molar-refractivity contribution < 1.29 is 5.11 Å². The van der Waals surface area contributed by atoms with E-state index in [1.54, 1.807) is 6.07 Å². The van der Waals surface area contributed by atoms with E-state index in [2.05, 4.69) is 60.4 Å². The Morgan fingerprint density at radius 1 is 0.880 bits per heavy atom. The molecule has 25 heavy (non-hydrogen) atoms. The lowest BCUT2D eigenvalue weighted by atomic mass is 9.91. The first kappa shape index (κ1) is 16.2. The highest BCUT2D eigenvalue weighted by Crippen LogP contribution is 2.37. The van der Waals surface area contributed by atoms with Crippen molar-refractivity contribution in [3.05, 3.63) is 77.9 Å². The SMILES string of the molecule is CC1CCN(C(c2ccc3ccccc3c2)c2ccccc2O)CC1. The minimum atomic E-state index is 0.110.